The van der Waals surface area contributed by atoms with Gasteiger partial charge in [0.05, 0.1) is 26.4 Å². The molecule has 17 nitrogen and oxygen atoms in total. The average Bonchev–Trinajstić information content (AvgIpc) is 1.45. The van der Waals surface area contributed by atoms with Gasteiger partial charge in [-0.15, -0.1) is 0 Å². The predicted octanol–water partition coefficient (Wildman–Crippen LogP) is 23.4. The summed E-state index contributed by atoms with van der Waals surface area (Å²) in [6, 6.07) is 0. The van der Waals surface area contributed by atoms with Crippen molar-refractivity contribution >= 4 is 39.5 Å². The van der Waals surface area contributed by atoms with Crippen LogP contribution in [-0.4, -0.2) is 96.7 Å². The molecule has 0 radical (unpaired) electrons. The van der Waals surface area contributed by atoms with Crippen LogP contribution in [0.2, 0.25) is 0 Å². The van der Waals surface area contributed by atoms with E-state index in [1.165, 1.54) is 218 Å². The Balaban J connectivity index is 5.27. The SMILES string of the molecule is CCCCCCCCCCCCCCCCCC(=O)OC[C@H](COP(=O)(O)OC[C@@H](O)COP(=O)(O)OC[C@@H](COC(=O)CCCCCCCCCCCC(C)C)OC(=O)CCCCCCCCCCCCCC(C)C)OC(=O)CCCCCCCCCCCCCCCCC(C)C. The lowest BCUT2D eigenvalue weighted by molar-refractivity contribution is -0.161. The molecule has 2 unspecified atom stereocenters. The third-order valence-electron chi connectivity index (χ3n) is 18.4. The fourth-order valence-electron chi connectivity index (χ4n) is 12.1. The summed E-state index contributed by atoms with van der Waals surface area (Å²) in [5.41, 5.74) is 0. The molecule has 5 atom stereocenters. The van der Waals surface area contributed by atoms with Crippen molar-refractivity contribution in [2.75, 3.05) is 39.6 Å². The summed E-state index contributed by atoms with van der Waals surface area (Å²) in [6.45, 7) is 11.9. The maximum atomic E-state index is 13.1. The zero-order valence-electron chi connectivity index (χ0n) is 64.3. The summed E-state index contributed by atoms with van der Waals surface area (Å²) in [5.74, 6) is 0.192. The van der Waals surface area contributed by atoms with E-state index >= 15 is 0 Å². The molecular formula is C79H154O17P2. The lowest BCUT2D eigenvalue weighted by atomic mass is 10.0. The fraction of sp³-hybridized carbons (Fsp3) is 0.949. The number of rotatable bonds is 77. The molecule has 0 aromatic rings. The Morgan fingerprint density at radius 1 is 0.276 bits per heavy atom. The van der Waals surface area contributed by atoms with E-state index in [2.05, 4.69) is 48.5 Å². The van der Waals surface area contributed by atoms with Crippen molar-refractivity contribution in [2.24, 2.45) is 17.8 Å². The lowest BCUT2D eigenvalue weighted by Gasteiger charge is -2.21. The van der Waals surface area contributed by atoms with Gasteiger partial charge in [-0.3, -0.25) is 37.3 Å². The molecule has 3 N–H and O–H groups in total. The monoisotopic (exact) mass is 1440 g/mol. The van der Waals surface area contributed by atoms with E-state index in [4.69, 9.17) is 37.0 Å². The third-order valence-corrected chi connectivity index (χ3v) is 20.3. The van der Waals surface area contributed by atoms with Crippen molar-refractivity contribution < 1.29 is 80.2 Å². The van der Waals surface area contributed by atoms with Gasteiger partial charge in [-0.05, 0) is 43.4 Å². The standard InChI is InChI=1S/C79H154O17P2/c1-8-9-10-11-12-13-14-15-16-20-25-32-39-46-53-60-76(81)89-66-74(95-78(83)62-55-48-41-33-26-21-18-17-19-23-29-36-43-50-57-70(2)3)68-93-97(85,86)91-64-73(80)65-92-98(87,88)94-69-75(67-90-77(82)61-54-47-40-35-28-31-38-45-52-59-72(6)7)96-79(84)63-56-49-42-34-27-22-24-30-37-44-51-58-71(4)5/h70-75,80H,8-69H2,1-7H3,(H,85,86)(H,87,88)/t73-,74-,75-/m1/s1. The highest BCUT2D eigenvalue weighted by atomic mass is 31.2. The number of phosphoric ester groups is 2. The van der Waals surface area contributed by atoms with E-state index in [1.54, 1.807) is 0 Å². The maximum Gasteiger partial charge on any atom is 0.472 e. The van der Waals surface area contributed by atoms with Gasteiger partial charge < -0.3 is 33.8 Å². The Hall–Kier alpha value is -1.94. The maximum absolute atomic E-state index is 13.1. The minimum Gasteiger partial charge on any atom is -0.462 e. The van der Waals surface area contributed by atoms with Crippen molar-refractivity contribution in [3.8, 4) is 0 Å². The highest BCUT2D eigenvalue weighted by Crippen LogP contribution is 2.45. The summed E-state index contributed by atoms with van der Waals surface area (Å²) in [6.07, 6.45) is 56.8. The summed E-state index contributed by atoms with van der Waals surface area (Å²) in [7, 11) is -9.92. The van der Waals surface area contributed by atoms with Crippen LogP contribution < -0.4 is 0 Å². The highest BCUT2D eigenvalue weighted by Gasteiger charge is 2.30. The molecule has 0 aliphatic rings. The van der Waals surface area contributed by atoms with E-state index in [0.29, 0.717) is 25.7 Å². The summed E-state index contributed by atoms with van der Waals surface area (Å²) >= 11 is 0. The molecule has 0 saturated heterocycles. The first-order valence-electron chi connectivity index (χ1n) is 40.8. The topological polar surface area (TPSA) is 237 Å². The summed E-state index contributed by atoms with van der Waals surface area (Å²) < 4.78 is 68.7. The van der Waals surface area contributed by atoms with Crippen molar-refractivity contribution in [1.82, 2.24) is 0 Å². The van der Waals surface area contributed by atoms with Gasteiger partial charge in [-0.25, -0.2) is 9.13 Å². The van der Waals surface area contributed by atoms with Crippen LogP contribution in [0.1, 0.15) is 408 Å². The first-order valence-corrected chi connectivity index (χ1v) is 43.8. The number of hydrogen-bond acceptors (Lipinski definition) is 15. The first kappa shape index (κ1) is 96.1. The van der Waals surface area contributed by atoms with Crippen LogP contribution in [-0.2, 0) is 65.4 Å². The zero-order chi connectivity index (χ0) is 72.3. The van der Waals surface area contributed by atoms with Crippen LogP contribution in [0.3, 0.4) is 0 Å². The Kier molecular flexibility index (Phi) is 68.1. The molecule has 0 spiro atoms. The number of phosphoric acid groups is 2. The normalized spacial score (nSPS) is 14.0. The molecule has 19 heteroatoms. The number of aliphatic hydroxyl groups excluding tert-OH is 1. The molecule has 0 aromatic carbocycles. The summed E-state index contributed by atoms with van der Waals surface area (Å²) in [5, 5.41) is 10.6. The molecule has 0 aliphatic heterocycles. The van der Waals surface area contributed by atoms with Gasteiger partial charge in [0.2, 0.25) is 0 Å². The molecular weight excluding hydrogens is 1280 g/mol. The molecule has 0 heterocycles. The number of hydrogen-bond donors (Lipinski definition) is 3. The van der Waals surface area contributed by atoms with E-state index < -0.39 is 97.5 Å². The minimum atomic E-state index is -4.96. The second kappa shape index (κ2) is 69.4. The third kappa shape index (κ3) is 72.4. The average molecular weight is 1440 g/mol. The van der Waals surface area contributed by atoms with Crippen LogP contribution in [0.4, 0.5) is 0 Å². The number of esters is 4. The van der Waals surface area contributed by atoms with Crippen molar-refractivity contribution in [3.05, 3.63) is 0 Å². The van der Waals surface area contributed by atoms with Gasteiger partial charge in [0.15, 0.2) is 12.2 Å². The molecule has 0 rings (SSSR count). The van der Waals surface area contributed by atoms with Crippen LogP contribution >= 0.6 is 15.6 Å². The molecule has 0 saturated carbocycles. The largest absolute Gasteiger partial charge is 0.472 e. The van der Waals surface area contributed by atoms with Crippen molar-refractivity contribution in [2.45, 2.75) is 426 Å². The number of unbranched alkanes of at least 4 members (excludes halogenated alkanes) is 45. The molecule has 582 valence electrons. The van der Waals surface area contributed by atoms with Gasteiger partial charge in [0.1, 0.15) is 19.3 Å². The Bertz CT molecular complexity index is 1900. The van der Waals surface area contributed by atoms with E-state index in [1.807, 2.05) is 0 Å². The Labute approximate surface area is 600 Å². The highest BCUT2D eigenvalue weighted by molar-refractivity contribution is 7.47. The molecule has 0 aliphatic carbocycles. The van der Waals surface area contributed by atoms with Gasteiger partial charge in [0.25, 0.3) is 0 Å². The van der Waals surface area contributed by atoms with Crippen LogP contribution in [0, 0.1) is 17.8 Å². The number of aliphatic hydroxyl groups is 1. The van der Waals surface area contributed by atoms with Gasteiger partial charge in [0, 0.05) is 25.7 Å². The minimum absolute atomic E-state index is 0.106. The smallest absolute Gasteiger partial charge is 0.462 e. The molecule has 98 heavy (non-hydrogen) atoms. The molecule has 0 bridgehead atoms. The van der Waals surface area contributed by atoms with Crippen LogP contribution in [0.5, 0.6) is 0 Å². The van der Waals surface area contributed by atoms with E-state index in [-0.39, 0.29) is 25.7 Å². The number of ether oxygens (including phenoxy) is 4. The van der Waals surface area contributed by atoms with E-state index in [9.17, 15) is 43.2 Å². The van der Waals surface area contributed by atoms with Gasteiger partial charge >= 0.3 is 39.5 Å². The second-order valence-electron chi connectivity index (χ2n) is 29.9. The Morgan fingerprint density at radius 3 is 0.694 bits per heavy atom. The van der Waals surface area contributed by atoms with Crippen LogP contribution in [0.25, 0.3) is 0 Å². The number of carbonyl (C=O) groups is 4. The Morgan fingerprint density at radius 2 is 0.469 bits per heavy atom. The summed E-state index contributed by atoms with van der Waals surface area (Å²) in [4.78, 5) is 73.0. The van der Waals surface area contributed by atoms with Crippen molar-refractivity contribution in [3.63, 3.8) is 0 Å². The zero-order valence-corrected chi connectivity index (χ0v) is 66.0. The molecule has 0 amide bonds. The fourth-order valence-corrected chi connectivity index (χ4v) is 13.7. The van der Waals surface area contributed by atoms with Gasteiger partial charge in [-0.2, -0.15) is 0 Å². The lowest BCUT2D eigenvalue weighted by Crippen LogP contribution is -2.30. The van der Waals surface area contributed by atoms with Crippen molar-refractivity contribution in [1.29, 1.82) is 0 Å². The predicted molar refractivity (Wildman–Crippen MR) is 400 cm³/mol. The number of carbonyl (C=O) groups excluding carboxylic acids is 4. The quantitative estimate of drug-likeness (QED) is 0.0222. The first-order chi connectivity index (χ1) is 47.2. The van der Waals surface area contributed by atoms with Gasteiger partial charge in [-0.1, -0.05) is 357 Å². The van der Waals surface area contributed by atoms with Crippen LogP contribution in [0.15, 0.2) is 0 Å². The van der Waals surface area contributed by atoms with E-state index in [0.717, 1.165) is 108 Å². The molecule has 0 aromatic heterocycles. The molecule has 0 fully saturated rings. The second-order valence-corrected chi connectivity index (χ2v) is 32.8.